The molecule has 1 aromatic rings. The van der Waals surface area contributed by atoms with Gasteiger partial charge in [0.25, 0.3) is 5.91 Å². The molecule has 0 heterocycles. The van der Waals surface area contributed by atoms with E-state index in [-0.39, 0.29) is 11.9 Å². The Morgan fingerprint density at radius 3 is 2.75 bits per heavy atom. The van der Waals surface area contributed by atoms with Gasteiger partial charge in [0.2, 0.25) is 0 Å². The number of halogens is 1. The molecule has 4 nitrogen and oxygen atoms in total. The van der Waals surface area contributed by atoms with Crippen LogP contribution in [0.1, 0.15) is 45.2 Å². The Kier molecular flexibility index (Phi) is 7.02. The molecule has 0 saturated carbocycles. The van der Waals surface area contributed by atoms with E-state index in [4.69, 9.17) is 10.5 Å². The molecule has 1 amide bonds. The van der Waals surface area contributed by atoms with E-state index in [0.29, 0.717) is 12.3 Å². The second kappa shape index (κ2) is 8.27. The van der Waals surface area contributed by atoms with Gasteiger partial charge in [0.15, 0.2) is 6.10 Å². The number of carbonyl (C=O) groups excluding carboxylic acids is 1. The zero-order valence-corrected chi connectivity index (χ0v) is 13.9. The summed E-state index contributed by atoms with van der Waals surface area (Å²) >= 11 is 3.40. The highest BCUT2D eigenvalue weighted by Crippen LogP contribution is 2.28. The molecule has 1 aromatic carbocycles. The summed E-state index contributed by atoms with van der Waals surface area (Å²) in [6, 6.07) is 5.52. The number of hydrogen-bond donors (Lipinski definition) is 2. The number of amides is 1. The van der Waals surface area contributed by atoms with Crippen LogP contribution in [0, 0.1) is 0 Å². The Morgan fingerprint density at radius 1 is 1.45 bits per heavy atom. The SMILES string of the molecule is CCCCNC(=O)C(C)Oc1cc(Br)ccc1[C@@H](C)N. The zero-order valence-electron chi connectivity index (χ0n) is 12.3. The van der Waals surface area contributed by atoms with Crippen LogP contribution >= 0.6 is 15.9 Å². The highest BCUT2D eigenvalue weighted by molar-refractivity contribution is 9.10. The maximum Gasteiger partial charge on any atom is 0.260 e. The van der Waals surface area contributed by atoms with Crippen molar-refractivity contribution in [2.24, 2.45) is 5.73 Å². The van der Waals surface area contributed by atoms with E-state index in [2.05, 4.69) is 28.2 Å². The molecule has 1 rings (SSSR count). The summed E-state index contributed by atoms with van der Waals surface area (Å²) in [6.45, 7) is 6.40. The third-order valence-corrected chi connectivity index (χ3v) is 3.46. The highest BCUT2D eigenvalue weighted by Gasteiger charge is 2.17. The first-order valence-electron chi connectivity index (χ1n) is 6.95. The smallest absolute Gasteiger partial charge is 0.260 e. The minimum Gasteiger partial charge on any atom is -0.481 e. The second-order valence-corrected chi connectivity index (χ2v) is 5.79. The number of nitrogens with two attached hydrogens (primary N) is 1. The molecule has 0 spiro atoms. The van der Waals surface area contributed by atoms with Crippen LogP contribution in [0.3, 0.4) is 0 Å². The molecule has 0 aliphatic rings. The summed E-state index contributed by atoms with van der Waals surface area (Å²) in [5.74, 6) is 0.543. The number of hydrogen-bond acceptors (Lipinski definition) is 3. The van der Waals surface area contributed by atoms with Crippen molar-refractivity contribution in [1.82, 2.24) is 5.32 Å². The molecule has 0 radical (unpaired) electrons. The molecule has 112 valence electrons. The maximum absolute atomic E-state index is 11.9. The van der Waals surface area contributed by atoms with Crippen LogP contribution in [0.4, 0.5) is 0 Å². The molecule has 20 heavy (non-hydrogen) atoms. The fourth-order valence-corrected chi connectivity index (χ4v) is 2.10. The highest BCUT2D eigenvalue weighted by atomic mass is 79.9. The lowest BCUT2D eigenvalue weighted by atomic mass is 10.1. The van der Waals surface area contributed by atoms with Gasteiger partial charge in [-0.05, 0) is 32.4 Å². The summed E-state index contributed by atoms with van der Waals surface area (Å²) in [7, 11) is 0. The first-order chi connectivity index (χ1) is 9.45. The van der Waals surface area contributed by atoms with Crippen molar-refractivity contribution in [2.45, 2.75) is 45.8 Å². The lowest BCUT2D eigenvalue weighted by Gasteiger charge is -2.19. The Morgan fingerprint density at radius 2 is 2.15 bits per heavy atom. The van der Waals surface area contributed by atoms with Crippen molar-refractivity contribution >= 4 is 21.8 Å². The van der Waals surface area contributed by atoms with E-state index in [0.717, 1.165) is 22.9 Å². The molecule has 3 N–H and O–H groups in total. The average Bonchev–Trinajstić information content (AvgIpc) is 2.38. The largest absolute Gasteiger partial charge is 0.481 e. The van der Waals surface area contributed by atoms with Crippen LogP contribution in [-0.2, 0) is 4.79 Å². The lowest BCUT2D eigenvalue weighted by molar-refractivity contribution is -0.127. The topological polar surface area (TPSA) is 64.3 Å². The summed E-state index contributed by atoms with van der Waals surface area (Å²) in [5, 5.41) is 2.86. The Balaban J connectivity index is 2.71. The first kappa shape index (κ1) is 17.0. The van der Waals surface area contributed by atoms with E-state index in [1.165, 1.54) is 0 Å². The van der Waals surface area contributed by atoms with Gasteiger partial charge in [0.05, 0.1) is 0 Å². The van der Waals surface area contributed by atoms with Gasteiger partial charge in [-0.1, -0.05) is 35.3 Å². The van der Waals surface area contributed by atoms with Crippen molar-refractivity contribution in [2.75, 3.05) is 6.54 Å². The summed E-state index contributed by atoms with van der Waals surface area (Å²) in [4.78, 5) is 11.9. The Bertz CT molecular complexity index is 449. The minimum absolute atomic E-state index is 0.103. The molecular formula is C15H23BrN2O2. The molecule has 2 atom stereocenters. The molecule has 0 aliphatic heterocycles. The van der Waals surface area contributed by atoms with E-state index >= 15 is 0 Å². The molecule has 0 fully saturated rings. The van der Waals surface area contributed by atoms with Gasteiger partial charge in [-0.3, -0.25) is 4.79 Å². The number of ether oxygens (including phenoxy) is 1. The molecule has 0 aromatic heterocycles. The normalized spacial score (nSPS) is 13.7. The fourth-order valence-electron chi connectivity index (χ4n) is 1.76. The van der Waals surface area contributed by atoms with Crippen LogP contribution in [0.5, 0.6) is 5.75 Å². The van der Waals surface area contributed by atoms with Gasteiger partial charge in [0.1, 0.15) is 5.75 Å². The van der Waals surface area contributed by atoms with Gasteiger partial charge in [-0.2, -0.15) is 0 Å². The minimum atomic E-state index is -0.543. The number of nitrogens with one attached hydrogen (secondary N) is 1. The van der Waals surface area contributed by atoms with Crippen molar-refractivity contribution < 1.29 is 9.53 Å². The lowest BCUT2D eigenvalue weighted by Crippen LogP contribution is -2.37. The molecule has 0 saturated heterocycles. The van der Waals surface area contributed by atoms with Crippen molar-refractivity contribution in [1.29, 1.82) is 0 Å². The quantitative estimate of drug-likeness (QED) is 0.748. The summed E-state index contributed by atoms with van der Waals surface area (Å²) in [5.41, 5.74) is 6.81. The maximum atomic E-state index is 11.9. The van der Waals surface area contributed by atoms with Crippen LogP contribution in [0.15, 0.2) is 22.7 Å². The van der Waals surface area contributed by atoms with Gasteiger partial charge in [0, 0.05) is 22.6 Å². The average molecular weight is 343 g/mol. The van der Waals surface area contributed by atoms with E-state index in [1.54, 1.807) is 6.92 Å². The first-order valence-corrected chi connectivity index (χ1v) is 7.74. The van der Waals surface area contributed by atoms with Crippen molar-refractivity contribution in [3.8, 4) is 5.75 Å². The predicted octanol–water partition coefficient (Wildman–Crippen LogP) is 3.15. The van der Waals surface area contributed by atoms with Gasteiger partial charge in [-0.15, -0.1) is 0 Å². The van der Waals surface area contributed by atoms with Crippen molar-refractivity contribution in [3.63, 3.8) is 0 Å². The second-order valence-electron chi connectivity index (χ2n) is 4.88. The van der Waals surface area contributed by atoms with E-state index in [9.17, 15) is 4.79 Å². The number of rotatable bonds is 7. The Labute approximate surface area is 129 Å². The zero-order chi connectivity index (χ0) is 15.1. The summed E-state index contributed by atoms with van der Waals surface area (Å²) in [6.07, 6.45) is 1.48. The van der Waals surface area contributed by atoms with Crippen LogP contribution in [-0.4, -0.2) is 18.6 Å². The number of benzene rings is 1. The van der Waals surface area contributed by atoms with Gasteiger partial charge >= 0.3 is 0 Å². The number of carbonyl (C=O) groups is 1. The standard InChI is InChI=1S/C15H23BrN2O2/c1-4-5-8-18-15(19)11(3)20-14-9-12(16)6-7-13(14)10(2)17/h6-7,9-11H,4-5,8,17H2,1-3H3,(H,18,19)/t10-,11?/m1/s1. The third-order valence-electron chi connectivity index (χ3n) is 2.97. The molecule has 1 unspecified atom stereocenters. The predicted molar refractivity (Wildman–Crippen MR) is 84.8 cm³/mol. The fraction of sp³-hybridized carbons (Fsp3) is 0.533. The Hall–Kier alpha value is -1.07. The number of unbranched alkanes of at least 4 members (excludes halogenated alkanes) is 1. The monoisotopic (exact) mass is 342 g/mol. The van der Waals surface area contributed by atoms with E-state index < -0.39 is 6.10 Å². The van der Waals surface area contributed by atoms with Crippen LogP contribution in [0.25, 0.3) is 0 Å². The van der Waals surface area contributed by atoms with Gasteiger partial charge in [-0.25, -0.2) is 0 Å². The molecule has 5 heteroatoms. The van der Waals surface area contributed by atoms with Gasteiger partial charge < -0.3 is 15.8 Å². The molecular weight excluding hydrogens is 320 g/mol. The van der Waals surface area contributed by atoms with Crippen molar-refractivity contribution in [3.05, 3.63) is 28.2 Å². The van der Waals surface area contributed by atoms with E-state index in [1.807, 2.05) is 25.1 Å². The van der Waals surface area contributed by atoms with Crippen LogP contribution < -0.4 is 15.8 Å². The molecule has 0 aliphatic carbocycles. The van der Waals surface area contributed by atoms with Crippen LogP contribution in [0.2, 0.25) is 0 Å². The molecule has 0 bridgehead atoms. The third kappa shape index (κ3) is 5.13. The summed E-state index contributed by atoms with van der Waals surface area (Å²) < 4.78 is 6.66.